The molecule has 0 radical (unpaired) electrons. The molecule has 0 atom stereocenters. The molecule has 0 unspecified atom stereocenters. The first-order chi connectivity index (χ1) is 11.5. The van der Waals surface area contributed by atoms with E-state index in [1.165, 1.54) is 0 Å². The number of para-hydroxylation sites is 1. The number of methoxy groups -OCH3 is 2. The highest BCUT2D eigenvalue weighted by Gasteiger charge is 2.13. The van der Waals surface area contributed by atoms with E-state index in [9.17, 15) is 4.79 Å². The van der Waals surface area contributed by atoms with Gasteiger partial charge in [-0.05, 0) is 24.3 Å². The molecule has 0 aliphatic heterocycles. The number of urea groups is 1. The smallest absolute Gasteiger partial charge is 0.317 e. The molecule has 0 spiro atoms. The highest BCUT2D eigenvalue weighted by atomic mass is 79.9. The number of nitrogens with one attached hydrogen (secondary N) is 1. The van der Waals surface area contributed by atoms with Crippen LogP contribution < -0.4 is 14.8 Å². The number of hydrogen-bond acceptors (Lipinski definition) is 3. The van der Waals surface area contributed by atoms with Gasteiger partial charge in [0.2, 0.25) is 0 Å². The molecule has 0 bridgehead atoms. The Morgan fingerprint density at radius 1 is 1.08 bits per heavy atom. The van der Waals surface area contributed by atoms with Gasteiger partial charge in [-0.2, -0.15) is 0 Å². The molecule has 0 saturated heterocycles. The van der Waals surface area contributed by atoms with E-state index in [2.05, 4.69) is 21.2 Å². The van der Waals surface area contributed by atoms with Crippen molar-refractivity contribution in [3.05, 3.63) is 58.1 Å². The van der Waals surface area contributed by atoms with Crippen molar-refractivity contribution < 1.29 is 14.3 Å². The van der Waals surface area contributed by atoms with Gasteiger partial charge in [-0.3, -0.25) is 0 Å². The summed E-state index contributed by atoms with van der Waals surface area (Å²) < 4.78 is 11.6. The summed E-state index contributed by atoms with van der Waals surface area (Å²) in [5, 5.41) is 2.90. The fourth-order valence-electron chi connectivity index (χ4n) is 2.35. The molecule has 1 N–H and O–H groups in total. The Balaban J connectivity index is 1.99. The van der Waals surface area contributed by atoms with Crippen LogP contribution in [0.5, 0.6) is 11.5 Å². The number of nitrogens with zero attached hydrogens (tertiary/aromatic N) is 1. The molecule has 2 aromatic carbocycles. The Morgan fingerprint density at radius 3 is 2.46 bits per heavy atom. The van der Waals surface area contributed by atoms with Gasteiger partial charge in [0, 0.05) is 29.2 Å². The van der Waals surface area contributed by atoms with E-state index < -0.39 is 0 Å². The van der Waals surface area contributed by atoms with E-state index >= 15 is 0 Å². The molecule has 2 rings (SSSR count). The van der Waals surface area contributed by atoms with E-state index in [0.29, 0.717) is 13.1 Å². The molecular weight excluding hydrogens is 372 g/mol. The summed E-state index contributed by atoms with van der Waals surface area (Å²) in [6, 6.07) is 13.2. The predicted octanol–water partition coefficient (Wildman–Crippen LogP) is 3.81. The van der Waals surface area contributed by atoms with Gasteiger partial charge in [0.1, 0.15) is 11.5 Å². The van der Waals surface area contributed by atoms with Crippen molar-refractivity contribution in [1.29, 1.82) is 0 Å². The van der Waals surface area contributed by atoms with Gasteiger partial charge in [-0.1, -0.05) is 34.1 Å². The van der Waals surface area contributed by atoms with Gasteiger partial charge in [0.25, 0.3) is 0 Å². The summed E-state index contributed by atoms with van der Waals surface area (Å²) in [7, 11) is 4.98. The van der Waals surface area contributed by atoms with Crippen LogP contribution in [0.2, 0.25) is 0 Å². The Bertz CT molecular complexity index is 706. The maximum absolute atomic E-state index is 12.3. The van der Waals surface area contributed by atoms with E-state index in [-0.39, 0.29) is 6.03 Å². The van der Waals surface area contributed by atoms with Crippen LogP contribution in [-0.4, -0.2) is 32.2 Å². The van der Waals surface area contributed by atoms with Crippen molar-refractivity contribution >= 4 is 22.0 Å². The third kappa shape index (κ3) is 4.64. The van der Waals surface area contributed by atoms with Crippen LogP contribution in [0.3, 0.4) is 0 Å². The molecule has 2 aromatic rings. The minimum atomic E-state index is -0.164. The first kappa shape index (κ1) is 18.1. The molecule has 2 amide bonds. The number of rotatable bonds is 6. The van der Waals surface area contributed by atoms with Crippen LogP contribution >= 0.6 is 15.9 Å². The number of amides is 2. The Morgan fingerprint density at radius 2 is 1.75 bits per heavy atom. The maximum atomic E-state index is 12.3. The highest BCUT2D eigenvalue weighted by molar-refractivity contribution is 9.10. The van der Waals surface area contributed by atoms with E-state index in [4.69, 9.17) is 9.47 Å². The summed E-state index contributed by atoms with van der Waals surface area (Å²) in [4.78, 5) is 13.9. The SMILES string of the molecule is COc1ccccc1CNC(=O)N(C)Cc1cc(Br)ccc1OC. The lowest BCUT2D eigenvalue weighted by Crippen LogP contribution is -2.36. The van der Waals surface area contributed by atoms with Crippen molar-refractivity contribution in [1.82, 2.24) is 10.2 Å². The number of carbonyl (C=O) groups is 1. The Labute approximate surface area is 150 Å². The lowest BCUT2D eigenvalue weighted by Gasteiger charge is -2.20. The minimum absolute atomic E-state index is 0.164. The molecule has 0 aliphatic carbocycles. The third-order valence-electron chi connectivity index (χ3n) is 3.62. The number of hydrogen-bond donors (Lipinski definition) is 1. The fraction of sp³-hybridized carbons (Fsp3) is 0.278. The van der Waals surface area contributed by atoms with E-state index in [1.54, 1.807) is 26.2 Å². The van der Waals surface area contributed by atoms with Crippen LogP contribution in [0.1, 0.15) is 11.1 Å². The summed E-state index contributed by atoms with van der Waals surface area (Å²) in [5.74, 6) is 1.51. The predicted molar refractivity (Wildman–Crippen MR) is 97.4 cm³/mol. The topological polar surface area (TPSA) is 50.8 Å². The zero-order valence-corrected chi connectivity index (χ0v) is 15.6. The van der Waals surface area contributed by atoms with Gasteiger partial charge in [0.05, 0.1) is 20.8 Å². The first-order valence-electron chi connectivity index (χ1n) is 7.48. The summed E-state index contributed by atoms with van der Waals surface area (Å²) in [6.07, 6.45) is 0. The third-order valence-corrected chi connectivity index (χ3v) is 4.11. The molecule has 6 heteroatoms. The highest BCUT2D eigenvalue weighted by Crippen LogP contribution is 2.24. The van der Waals surface area contributed by atoms with Crippen molar-refractivity contribution in [2.24, 2.45) is 0 Å². The second-order valence-corrected chi connectivity index (χ2v) is 6.20. The Kier molecular flexibility index (Phi) is 6.49. The van der Waals surface area contributed by atoms with Gasteiger partial charge >= 0.3 is 6.03 Å². The largest absolute Gasteiger partial charge is 0.496 e. The molecule has 0 aliphatic rings. The number of carbonyl (C=O) groups excluding carboxylic acids is 1. The second kappa shape index (κ2) is 8.59. The minimum Gasteiger partial charge on any atom is -0.496 e. The second-order valence-electron chi connectivity index (χ2n) is 5.28. The number of benzene rings is 2. The lowest BCUT2D eigenvalue weighted by molar-refractivity contribution is 0.206. The van der Waals surface area contributed by atoms with Crippen LogP contribution in [0, 0.1) is 0 Å². The van der Waals surface area contributed by atoms with Crippen molar-refractivity contribution in [2.45, 2.75) is 13.1 Å². The van der Waals surface area contributed by atoms with Gasteiger partial charge in [0.15, 0.2) is 0 Å². The van der Waals surface area contributed by atoms with Crippen LogP contribution in [0.15, 0.2) is 46.9 Å². The summed E-state index contributed by atoms with van der Waals surface area (Å²) >= 11 is 3.44. The molecule has 0 heterocycles. The summed E-state index contributed by atoms with van der Waals surface area (Å²) in [5.41, 5.74) is 1.86. The molecule has 0 aromatic heterocycles. The normalized spacial score (nSPS) is 10.2. The van der Waals surface area contributed by atoms with Crippen molar-refractivity contribution in [3.8, 4) is 11.5 Å². The molecule has 24 heavy (non-hydrogen) atoms. The Hall–Kier alpha value is -2.21. The zero-order valence-electron chi connectivity index (χ0n) is 14.0. The lowest BCUT2D eigenvalue weighted by atomic mass is 10.2. The van der Waals surface area contributed by atoms with Gasteiger partial charge in [-0.15, -0.1) is 0 Å². The zero-order chi connectivity index (χ0) is 17.5. The number of ether oxygens (including phenoxy) is 2. The fourth-order valence-corrected chi connectivity index (χ4v) is 2.76. The van der Waals surface area contributed by atoms with Crippen LogP contribution in [0.25, 0.3) is 0 Å². The average Bonchev–Trinajstić information content (AvgIpc) is 2.60. The first-order valence-corrected chi connectivity index (χ1v) is 8.27. The average molecular weight is 393 g/mol. The molecule has 0 saturated carbocycles. The van der Waals surface area contributed by atoms with E-state index in [1.807, 2.05) is 42.5 Å². The molecule has 5 nitrogen and oxygen atoms in total. The van der Waals surface area contributed by atoms with Crippen LogP contribution in [0.4, 0.5) is 4.79 Å². The van der Waals surface area contributed by atoms with Crippen molar-refractivity contribution in [2.75, 3.05) is 21.3 Å². The van der Waals surface area contributed by atoms with Crippen LogP contribution in [-0.2, 0) is 13.1 Å². The molecular formula is C18H21BrN2O3. The van der Waals surface area contributed by atoms with Gasteiger partial charge in [-0.25, -0.2) is 4.79 Å². The quantitative estimate of drug-likeness (QED) is 0.812. The maximum Gasteiger partial charge on any atom is 0.317 e. The van der Waals surface area contributed by atoms with Crippen molar-refractivity contribution in [3.63, 3.8) is 0 Å². The number of halogens is 1. The molecule has 0 fully saturated rings. The summed E-state index contributed by atoms with van der Waals surface area (Å²) in [6.45, 7) is 0.850. The monoisotopic (exact) mass is 392 g/mol. The van der Waals surface area contributed by atoms with E-state index in [0.717, 1.165) is 27.1 Å². The van der Waals surface area contributed by atoms with Gasteiger partial charge < -0.3 is 19.7 Å². The standard InChI is InChI=1S/C18H21BrN2O3/c1-21(12-14-10-15(19)8-9-17(14)24-3)18(22)20-11-13-6-4-5-7-16(13)23-2/h4-10H,11-12H2,1-3H3,(H,20,22). The molecule has 128 valence electrons.